The zero-order valence-corrected chi connectivity index (χ0v) is 10.4. The average Bonchev–Trinajstić information content (AvgIpc) is 2.49. The summed E-state index contributed by atoms with van der Waals surface area (Å²) in [5.41, 5.74) is -1.53. The van der Waals surface area contributed by atoms with E-state index in [9.17, 15) is 22.4 Å². The van der Waals surface area contributed by atoms with E-state index in [1.807, 2.05) is 0 Å². The lowest BCUT2D eigenvalue weighted by atomic mass is 9.82. The maximum Gasteiger partial charge on any atom is 0.416 e. The number of halogens is 4. The van der Waals surface area contributed by atoms with Crippen molar-refractivity contribution in [3.63, 3.8) is 0 Å². The van der Waals surface area contributed by atoms with Gasteiger partial charge >= 0.3 is 6.18 Å². The molecule has 1 aromatic carbocycles. The van der Waals surface area contributed by atoms with Crippen molar-refractivity contribution in [1.29, 1.82) is 0 Å². The highest BCUT2D eigenvalue weighted by atomic mass is 19.4. The van der Waals surface area contributed by atoms with Crippen LogP contribution in [0.3, 0.4) is 0 Å². The van der Waals surface area contributed by atoms with Crippen LogP contribution in [-0.4, -0.2) is 11.4 Å². The highest BCUT2D eigenvalue weighted by Crippen LogP contribution is 2.39. The molecule has 0 bridgehead atoms. The molecule has 19 heavy (non-hydrogen) atoms. The largest absolute Gasteiger partial charge is 0.416 e. The number of hydrogen-bond acceptors (Lipinski definition) is 1. The van der Waals surface area contributed by atoms with Crippen molar-refractivity contribution >= 4 is 5.91 Å². The van der Waals surface area contributed by atoms with Gasteiger partial charge in [-0.05, 0) is 37.6 Å². The third-order valence-corrected chi connectivity index (χ3v) is 3.37. The number of carbonyl (C=O) groups excluding carboxylic acids is 1. The molecule has 1 aromatic rings. The predicted molar refractivity (Wildman–Crippen MR) is 61.0 cm³/mol. The van der Waals surface area contributed by atoms with E-state index < -0.39 is 29.0 Å². The molecule has 1 fully saturated rings. The smallest absolute Gasteiger partial charge is 0.351 e. The lowest BCUT2D eigenvalue weighted by Crippen LogP contribution is -2.38. The van der Waals surface area contributed by atoms with Crippen LogP contribution in [0.15, 0.2) is 18.2 Å². The van der Waals surface area contributed by atoms with Crippen LogP contribution in [0.25, 0.3) is 0 Å². The van der Waals surface area contributed by atoms with E-state index in [-0.39, 0.29) is 17.9 Å². The number of alkyl halides is 3. The van der Waals surface area contributed by atoms with Gasteiger partial charge in [-0.3, -0.25) is 4.79 Å². The molecule has 1 aliphatic heterocycles. The van der Waals surface area contributed by atoms with Crippen LogP contribution >= 0.6 is 0 Å². The predicted octanol–water partition coefficient (Wildman–Crippen LogP) is 3.23. The van der Waals surface area contributed by atoms with Crippen molar-refractivity contribution < 1.29 is 22.4 Å². The first kappa shape index (κ1) is 13.8. The number of amides is 1. The van der Waals surface area contributed by atoms with Gasteiger partial charge in [0.25, 0.3) is 0 Å². The van der Waals surface area contributed by atoms with Crippen LogP contribution in [0.4, 0.5) is 17.6 Å². The summed E-state index contributed by atoms with van der Waals surface area (Å²) in [5.74, 6) is -1.66. The van der Waals surface area contributed by atoms with E-state index in [4.69, 9.17) is 0 Å². The normalized spacial score (nSPS) is 22.4. The quantitative estimate of drug-likeness (QED) is 0.783. The Kier molecular flexibility index (Phi) is 3.07. The molecule has 0 spiro atoms. The monoisotopic (exact) mass is 275 g/mol. The van der Waals surface area contributed by atoms with Gasteiger partial charge in [-0.1, -0.05) is 0 Å². The van der Waals surface area contributed by atoms with Crippen molar-refractivity contribution in [1.82, 2.24) is 5.32 Å². The molecule has 1 N–H and O–H groups in total. The van der Waals surface area contributed by atoms with Crippen LogP contribution in [-0.2, 0) is 11.0 Å². The second-order valence-electron chi connectivity index (χ2n) is 5.30. The number of nitrogens with one attached hydrogen (secondary N) is 1. The summed E-state index contributed by atoms with van der Waals surface area (Å²) < 4.78 is 51.3. The maximum absolute atomic E-state index is 13.4. The highest BCUT2D eigenvalue weighted by Gasteiger charge is 2.41. The summed E-state index contributed by atoms with van der Waals surface area (Å²) in [6.45, 7) is 3.42. The Morgan fingerprint density at radius 2 is 1.89 bits per heavy atom. The van der Waals surface area contributed by atoms with E-state index in [1.165, 1.54) is 0 Å². The van der Waals surface area contributed by atoms with Crippen molar-refractivity contribution in [3.05, 3.63) is 35.1 Å². The van der Waals surface area contributed by atoms with Crippen LogP contribution in [0.2, 0.25) is 0 Å². The summed E-state index contributed by atoms with van der Waals surface area (Å²) in [7, 11) is 0. The van der Waals surface area contributed by atoms with E-state index in [2.05, 4.69) is 5.32 Å². The van der Waals surface area contributed by atoms with Gasteiger partial charge in [0.2, 0.25) is 5.91 Å². The average molecular weight is 275 g/mol. The van der Waals surface area contributed by atoms with E-state index in [1.54, 1.807) is 13.8 Å². The Balaban J connectivity index is 2.46. The molecule has 1 heterocycles. The van der Waals surface area contributed by atoms with Crippen molar-refractivity contribution in [2.75, 3.05) is 0 Å². The fraction of sp³-hybridized carbons (Fsp3) is 0.462. The molecule has 0 aliphatic carbocycles. The minimum absolute atomic E-state index is 0.0632. The summed E-state index contributed by atoms with van der Waals surface area (Å²) in [5, 5.41) is 2.68. The van der Waals surface area contributed by atoms with Gasteiger partial charge < -0.3 is 5.32 Å². The Morgan fingerprint density at radius 1 is 1.26 bits per heavy atom. The lowest BCUT2D eigenvalue weighted by molar-refractivity contribution is -0.137. The summed E-state index contributed by atoms with van der Waals surface area (Å²) >= 11 is 0. The molecule has 6 heteroatoms. The molecular weight excluding hydrogens is 262 g/mol. The molecule has 0 radical (unpaired) electrons. The fourth-order valence-corrected chi connectivity index (χ4v) is 2.45. The van der Waals surface area contributed by atoms with Gasteiger partial charge in [0.15, 0.2) is 0 Å². The number of hydrogen-bond donors (Lipinski definition) is 1. The minimum Gasteiger partial charge on any atom is -0.351 e. The molecular formula is C13H13F4NO. The molecule has 1 aliphatic rings. The maximum atomic E-state index is 13.4. The Morgan fingerprint density at radius 3 is 2.37 bits per heavy atom. The second kappa shape index (κ2) is 4.21. The summed E-state index contributed by atoms with van der Waals surface area (Å²) in [6, 6.07) is 2.43. The van der Waals surface area contributed by atoms with E-state index >= 15 is 0 Å². The molecule has 104 valence electrons. The molecule has 2 rings (SSSR count). The SMILES string of the molecule is CC1(C)NC(=O)CC1c1cc(F)cc(C(F)(F)F)c1. The lowest BCUT2D eigenvalue weighted by Gasteiger charge is -2.27. The Bertz CT molecular complexity index is 522. The third-order valence-electron chi connectivity index (χ3n) is 3.37. The zero-order valence-electron chi connectivity index (χ0n) is 10.4. The first-order valence-corrected chi connectivity index (χ1v) is 5.78. The highest BCUT2D eigenvalue weighted by molar-refractivity contribution is 5.81. The van der Waals surface area contributed by atoms with Gasteiger partial charge in [0.1, 0.15) is 5.82 Å². The first-order valence-electron chi connectivity index (χ1n) is 5.78. The third kappa shape index (κ3) is 2.72. The second-order valence-corrected chi connectivity index (χ2v) is 5.30. The standard InChI is InChI=1S/C13H13F4NO/c1-12(2)10(6-11(19)18-12)7-3-8(13(15,16)17)5-9(14)4-7/h3-5,10H,6H2,1-2H3,(H,18,19). The Labute approximate surface area is 107 Å². The van der Waals surface area contributed by atoms with Crippen LogP contribution in [0.5, 0.6) is 0 Å². The topological polar surface area (TPSA) is 29.1 Å². The Hall–Kier alpha value is -1.59. The zero-order chi connectivity index (χ0) is 14.4. The summed E-state index contributed by atoms with van der Waals surface area (Å²) in [4.78, 5) is 11.4. The molecule has 0 saturated carbocycles. The van der Waals surface area contributed by atoms with Crippen LogP contribution in [0, 0.1) is 5.82 Å². The van der Waals surface area contributed by atoms with Gasteiger partial charge in [0, 0.05) is 17.9 Å². The molecule has 2 nitrogen and oxygen atoms in total. The number of benzene rings is 1. The van der Waals surface area contributed by atoms with Gasteiger partial charge in [-0.25, -0.2) is 4.39 Å². The number of rotatable bonds is 1. The van der Waals surface area contributed by atoms with Crippen LogP contribution in [0.1, 0.15) is 37.3 Å². The van der Waals surface area contributed by atoms with E-state index in [0.717, 1.165) is 12.1 Å². The molecule has 1 amide bonds. The van der Waals surface area contributed by atoms with Gasteiger partial charge in [-0.2, -0.15) is 13.2 Å². The molecule has 1 saturated heterocycles. The van der Waals surface area contributed by atoms with Crippen LogP contribution < -0.4 is 5.32 Å². The van der Waals surface area contributed by atoms with E-state index in [0.29, 0.717) is 6.07 Å². The minimum atomic E-state index is -4.60. The van der Waals surface area contributed by atoms with Gasteiger partial charge in [-0.15, -0.1) is 0 Å². The first-order chi connectivity index (χ1) is 8.59. The molecule has 1 unspecified atom stereocenters. The summed E-state index contributed by atoms with van der Waals surface area (Å²) in [6.07, 6.45) is -4.54. The van der Waals surface area contributed by atoms with Crippen molar-refractivity contribution in [2.24, 2.45) is 0 Å². The van der Waals surface area contributed by atoms with Gasteiger partial charge in [0.05, 0.1) is 5.56 Å². The molecule has 0 aromatic heterocycles. The number of carbonyl (C=O) groups is 1. The van der Waals surface area contributed by atoms with Crippen molar-refractivity contribution in [3.8, 4) is 0 Å². The fourth-order valence-electron chi connectivity index (χ4n) is 2.45. The van der Waals surface area contributed by atoms with Crippen molar-refractivity contribution in [2.45, 2.75) is 37.9 Å². The molecule has 1 atom stereocenters.